The molecule has 1 amide bonds. The van der Waals surface area contributed by atoms with Gasteiger partial charge in [-0.2, -0.15) is 0 Å². The van der Waals surface area contributed by atoms with Gasteiger partial charge in [0.25, 0.3) is 15.9 Å². The highest BCUT2D eigenvalue weighted by atomic mass is 35.5. The summed E-state index contributed by atoms with van der Waals surface area (Å²) in [5.74, 6) is 0.496. The number of ether oxygens (including phenoxy) is 2. The van der Waals surface area contributed by atoms with Crippen molar-refractivity contribution in [3.05, 3.63) is 83.4 Å². The molecule has 0 saturated carbocycles. The predicted molar refractivity (Wildman–Crippen MR) is 131 cm³/mol. The lowest BCUT2D eigenvalue weighted by Crippen LogP contribution is -2.51. The molecule has 3 aromatic rings. The highest BCUT2D eigenvalue weighted by Gasteiger charge is 2.37. The Hall–Kier alpha value is -3.23. The Labute approximate surface area is 204 Å². The van der Waals surface area contributed by atoms with E-state index in [0.29, 0.717) is 17.3 Å². The highest BCUT2D eigenvalue weighted by molar-refractivity contribution is 7.92. The number of nitrogens with zero attached hydrogens (tertiary/aromatic N) is 1. The topological polar surface area (TPSA) is 84.9 Å². The fourth-order valence-electron chi connectivity index (χ4n) is 3.73. The summed E-state index contributed by atoms with van der Waals surface area (Å²) in [5, 5.41) is 3.25. The summed E-state index contributed by atoms with van der Waals surface area (Å²) in [6.07, 6.45) is -1.02. The molecule has 9 heteroatoms. The average Bonchev–Trinajstić information content (AvgIpc) is 2.86. The van der Waals surface area contributed by atoms with Crippen molar-refractivity contribution < 1.29 is 22.7 Å². The molecular weight excluding hydrogens is 476 g/mol. The minimum absolute atomic E-state index is 0.0676. The summed E-state index contributed by atoms with van der Waals surface area (Å²) in [4.78, 5) is 13.1. The third-order valence-electron chi connectivity index (χ3n) is 5.68. The van der Waals surface area contributed by atoms with Crippen molar-refractivity contribution in [2.24, 2.45) is 0 Å². The second-order valence-electron chi connectivity index (χ2n) is 7.99. The Balaban J connectivity index is 1.58. The van der Waals surface area contributed by atoms with Crippen LogP contribution in [0.4, 0.5) is 5.69 Å². The first kappa shape index (κ1) is 23.9. The third-order valence-corrected chi connectivity index (χ3v) is 7.71. The maximum Gasteiger partial charge on any atom is 0.264 e. The van der Waals surface area contributed by atoms with Gasteiger partial charge >= 0.3 is 0 Å². The Morgan fingerprint density at radius 1 is 1.15 bits per heavy atom. The lowest BCUT2D eigenvalue weighted by atomic mass is 10.0. The zero-order valence-electron chi connectivity index (χ0n) is 18.8. The number of sulfonamides is 1. The van der Waals surface area contributed by atoms with Crippen LogP contribution in [0.25, 0.3) is 0 Å². The van der Waals surface area contributed by atoms with Crippen molar-refractivity contribution in [1.29, 1.82) is 0 Å². The number of methoxy groups -OCH3 is 1. The smallest absolute Gasteiger partial charge is 0.264 e. The van der Waals surface area contributed by atoms with Crippen LogP contribution >= 0.6 is 11.6 Å². The standard InChI is InChI=1S/C25H25ClN2O5S/c1-17(18-6-4-3-5-7-18)15-27-25(29)24-16-28(22-14-19(26)8-13-23(22)33-24)34(30,31)21-11-9-20(32-2)10-12-21/h3-14,17,24H,15-16H2,1-2H3,(H,27,29)/t17-,24+/m1/s1. The number of carbonyl (C=O) groups excluding carboxylic acids is 1. The van der Waals surface area contributed by atoms with Crippen molar-refractivity contribution in [3.8, 4) is 11.5 Å². The van der Waals surface area contributed by atoms with Gasteiger partial charge in [-0.1, -0.05) is 48.9 Å². The number of rotatable bonds is 7. The van der Waals surface area contributed by atoms with Gasteiger partial charge in [0.15, 0.2) is 6.10 Å². The molecule has 34 heavy (non-hydrogen) atoms. The Bertz CT molecular complexity index is 1270. The summed E-state index contributed by atoms with van der Waals surface area (Å²) in [6, 6.07) is 20.6. The molecule has 0 saturated heterocycles. The van der Waals surface area contributed by atoms with Crippen LogP contribution in [0.15, 0.2) is 77.7 Å². The van der Waals surface area contributed by atoms with Crippen LogP contribution in [-0.4, -0.2) is 40.6 Å². The number of amides is 1. The number of carbonyl (C=O) groups is 1. The van der Waals surface area contributed by atoms with E-state index in [0.717, 1.165) is 5.56 Å². The average molecular weight is 501 g/mol. The Morgan fingerprint density at radius 2 is 1.85 bits per heavy atom. The number of anilines is 1. The second-order valence-corrected chi connectivity index (χ2v) is 10.3. The molecule has 3 aromatic carbocycles. The van der Waals surface area contributed by atoms with Gasteiger partial charge in [-0.25, -0.2) is 8.42 Å². The Kier molecular flexibility index (Phi) is 7.00. The molecule has 178 valence electrons. The van der Waals surface area contributed by atoms with Gasteiger partial charge in [-0.3, -0.25) is 9.10 Å². The normalized spacial score (nSPS) is 16.2. The van der Waals surface area contributed by atoms with E-state index < -0.39 is 22.0 Å². The van der Waals surface area contributed by atoms with Crippen molar-refractivity contribution in [1.82, 2.24) is 5.32 Å². The number of hydrogen-bond donors (Lipinski definition) is 1. The van der Waals surface area contributed by atoms with Gasteiger partial charge in [0.2, 0.25) is 0 Å². The van der Waals surface area contributed by atoms with E-state index in [1.807, 2.05) is 37.3 Å². The fourth-order valence-corrected chi connectivity index (χ4v) is 5.36. The summed E-state index contributed by atoms with van der Waals surface area (Å²) in [5.41, 5.74) is 1.38. The van der Waals surface area contributed by atoms with Gasteiger partial charge in [-0.05, 0) is 53.9 Å². The minimum atomic E-state index is -4.00. The van der Waals surface area contributed by atoms with Crippen LogP contribution in [0.2, 0.25) is 5.02 Å². The van der Waals surface area contributed by atoms with E-state index >= 15 is 0 Å². The lowest BCUT2D eigenvalue weighted by molar-refractivity contribution is -0.127. The SMILES string of the molecule is COc1ccc(S(=O)(=O)N2C[C@@H](C(=O)NC[C@@H](C)c3ccccc3)Oc3ccc(Cl)cc32)cc1. The van der Waals surface area contributed by atoms with Gasteiger partial charge < -0.3 is 14.8 Å². The largest absolute Gasteiger partial charge is 0.497 e. The number of nitrogens with one attached hydrogen (secondary N) is 1. The molecule has 0 fully saturated rings. The van der Waals surface area contributed by atoms with Crippen molar-refractivity contribution in [2.45, 2.75) is 23.8 Å². The predicted octanol–water partition coefficient (Wildman–Crippen LogP) is 4.22. The quantitative estimate of drug-likeness (QED) is 0.525. The first-order valence-electron chi connectivity index (χ1n) is 10.8. The molecule has 1 aliphatic rings. The summed E-state index contributed by atoms with van der Waals surface area (Å²) >= 11 is 6.15. The molecular formula is C25H25ClN2O5S. The lowest BCUT2D eigenvalue weighted by Gasteiger charge is -2.35. The van der Waals surface area contributed by atoms with Crippen molar-refractivity contribution in [3.63, 3.8) is 0 Å². The van der Waals surface area contributed by atoms with E-state index in [1.54, 1.807) is 24.3 Å². The monoisotopic (exact) mass is 500 g/mol. The van der Waals surface area contributed by atoms with Crippen LogP contribution in [0.5, 0.6) is 11.5 Å². The summed E-state index contributed by atoms with van der Waals surface area (Å²) in [7, 11) is -2.49. The highest BCUT2D eigenvalue weighted by Crippen LogP contribution is 2.39. The molecule has 0 unspecified atom stereocenters. The zero-order valence-corrected chi connectivity index (χ0v) is 20.3. The second kappa shape index (κ2) is 9.95. The number of hydrogen-bond acceptors (Lipinski definition) is 5. The first-order chi connectivity index (χ1) is 16.3. The minimum Gasteiger partial charge on any atom is -0.497 e. The Morgan fingerprint density at radius 3 is 2.53 bits per heavy atom. The van der Waals surface area contributed by atoms with Crippen LogP contribution in [0, 0.1) is 0 Å². The molecule has 4 rings (SSSR count). The fraction of sp³-hybridized carbons (Fsp3) is 0.240. The van der Waals surface area contributed by atoms with Crippen LogP contribution in [0.3, 0.4) is 0 Å². The molecule has 1 N–H and O–H groups in total. The first-order valence-corrected chi connectivity index (χ1v) is 12.6. The summed E-state index contributed by atoms with van der Waals surface area (Å²) < 4.78 is 39.3. The summed E-state index contributed by atoms with van der Waals surface area (Å²) in [6.45, 7) is 2.21. The molecule has 2 atom stereocenters. The number of halogens is 1. The van der Waals surface area contributed by atoms with E-state index in [4.69, 9.17) is 21.1 Å². The van der Waals surface area contributed by atoms with Gasteiger partial charge in [0.1, 0.15) is 11.5 Å². The maximum atomic E-state index is 13.5. The van der Waals surface area contributed by atoms with E-state index in [2.05, 4.69) is 5.32 Å². The molecule has 7 nitrogen and oxygen atoms in total. The maximum absolute atomic E-state index is 13.5. The van der Waals surface area contributed by atoms with E-state index in [9.17, 15) is 13.2 Å². The van der Waals surface area contributed by atoms with Crippen molar-refractivity contribution in [2.75, 3.05) is 24.5 Å². The van der Waals surface area contributed by atoms with Crippen LogP contribution < -0.4 is 19.1 Å². The molecule has 0 bridgehead atoms. The molecule has 1 heterocycles. The molecule has 0 spiro atoms. The van der Waals surface area contributed by atoms with Crippen LogP contribution in [0.1, 0.15) is 18.4 Å². The molecule has 0 aliphatic carbocycles. The van der Waals surface area contributed by atoms with E-state index in [1.165, 1.54) is 29.6 Å². The molecule has 0 aromatic heterocycles. The number of benzene rings is 3. The zero-order chi connectivity index (χ0) is 24.3. The van der Waals surface area contributed by atoms with E-state index in [-0.39, 0.29) is 28.8 Å². The van der Waals surface area contributed by atoms with Crippen LogP contribution in [-0.2, 0) is 14.8 Å². The molecule has 1 aliphatic heterocycles. The third kappa shape index (κ3) is 4.98. The molecule has 0 radical (unpaired) electrons. The van der Waals surface area contributed by atoms with Crippen molar-refractivity contribution >= 4 is 33.2 Å². The number of fused-ring (bicyclic) bond motifs is 1. The van der Waals surface area contributed by atoms with Gasteiger partial charge in [0, 0.05) is 11.6 Å². The van der Waals surface area contributed by atoms with Gasteiger partial charge in [-0.15, -0.1) is 0 Å². The van der Waals surface area contributed by atoms with Gasteiger partial charge in [0.05, 0.1) is 24.2 Å².